The van der Waals surface area contributed by atoms with Crippen molar-refractivity contribution in [3.8, 4) is 0 Å². The molecule has 1 aliphatic heterocycles. The van der Waals surface area contributed by atoms with Gasteiger partial charge in [0, 0.05) is 43.4 Å². The fraction of sp³-hybridized carbons (Fsp3) is 0.526. The third-order valence-electron chi connectivity index (χ3n) is 4.96. The number of β-amino-alcohol motifs (C(OH)–C–C–N with tert-alkyl or cyclic N) is 1. The van der Waals surface area contributed by atoms with E-state index in [1.165, 1.54) is 24.6 Å². The largest absolute Gasteiger partial charge is 0.389 e. The molecule has 4 rings (SSSR count). The van der Waals surface area contributed by atoms with Crippen molar-refractivity contribution in [1.29, 1.82) is 0 Å². The van der Waals surface area contributed by atoms with Gasteiger partial charge in [-0.1, -0.05) is 18.2 Å². The molecule has 25 heavy (non-hydrogen) atoms. The van der Waals surface area contributed by atoms with Crippen LogP contribution in [-0.2, 0) is 24.3 Å². The number of fused-ring (bicyclic) bond motifs is 1. The van der Waals surface area contributed by atoms with Crippen LogP contribution in [0.4, 0.5) is 4.39 Å². The fourth-order valence-electron chi connectivity index (χ4n) is 3.48. The Kier molecular flexibility index (Phi) is 4.83. The lowest BCUT2D eigenvalue weighted by Crippen LogP contribution is -2.38. The van der Waals surface area contributed by atoms with Gasteiger partial charge in [-0.15, -0.1) is 0 Å². The predicted molar refractivity (Wildman–Crippen MR) is 91.5 cm³/mol. The van der Waals surface area contributed by atoms with Crippen LogP contribution in [0.1, 0.15) is 35.8 Å². The van der Waals surface area contributed by atoms with E-state index < -0.39 is 6.10 Å². The number of aliphatic hydroxyl groups is 1. The van der Waals surface area contributed by atoms with Crippen LogP contribution >= 0.6 is 0 Å². The number of hydrogen-bond acceptors (Lipinski definition) is 4. The Hall–Kier alpha value is -1.76. The van der Waals surface area contributed by atoms with Crippen LogP contribution in [0.2, 0.25) is 0 Å². The van der Waals surface area contributed by atoms with Crippen molar-refractivity contribution in [3.63, 3.8) is 0 Å². The zero-order valence-electron chi connectivity index (χ0n) is 14.3. The maximum atomic E-state index is 13.5. The molecule has 0 saturated heterocycles. The van der Waals surface area contributed by atoms with Crippen molar-refractivity contribution < 1.29 is 14.2 Å². The zero-order chi connectivity index (χ0) is 17.2. The van der Waals surface area contributed by atoms with Crippen molar-refractivity contribution in [3.05, 3.63) is 53.4 Å². The van der Waals surface area contributed by atoms with Crippen LogP contribution in [0.5, 0.6) is 0 Å². The number of halogens is 1. The summed E-state index contributed by atoms with van der Waals surface area (Å²) in [6, 6.07) is 7.22. The molecule has 0 spiro atoms. The lowest BCUT2D eigenvalue weighted by molar-refractivity contribution is 0.00669. The molecule has 1 saturated carbocycles. The zero-order valence-corrected chi connectivity index (χ0v) is 14.3. The maximum Gasteiger partial charge on any atom is 0.128 e. The van der Waals surface area contributed by atoms with E-state index in [-0.39, 0.29) is 19.0 Å². The molecular weight excluding hydrogens is 321 g/mol. The number of nitrogens with zero attached hydrogens (tertiary/aromatic N) is 3. The Balaban J connectivity index is 1.24. The highest BCUT2D eigenvalue weighted by Crippen LogP contribution is 2.37. The molecule has 0 bridgehead atoms. The second kappa shape index (κ2) is 7.23. The summed E-state index contributed by atoms with van der Waals surface area (Å²) in [6.45, 7) is 2.64. The first-order valence-electron chi connectivity index (χ1n) is 8.97. The van der Waals surface area contributed by atoms with Gasteiger partial charge in [0.2, 0.25) is 0 Å². The third-order valence-corrected chi connectivity index (χ3v) is 4.96. The molecule has 1 atom stereocenters. The molecule has 2 aromatic rings. The molecule has 1 aromatic carbocycles. The summed E-state index contributed by atoms with van der Waals surface area (Å²) >= 11 is 0. The Bertz CT molecular complexity index is 729. The van der Waals surface area contributed by atoms with Gasteiger partial charge < -0.3 is 14.4 Å². The van der Waals surface area contributed by atoms with E-state index in [0.717, 1.165) is 25.2 Å². The molecule has 1 fully saturated rings. The average Bonchev–Trinajstić information content (AvgIpc) is 3.36. The summed E-state index contributed by atoms with van der Waals surface area (Å²) in [6.07, 6.45) is 4.91. The summed E-state index contributed by atoms with van der Waals surface area (Å²) in [5, 5.41) is 10.2. The second-order valence-electron chi connectivity index (χ2n) is 7.02. The minimum Gasteiger partial charge on any atom is -0.389 e. The van der Waals surface area contributed by atoms with Crippen molar-refractivity contribution in [1.82, 2.24) is 14.5 Å². The van der Waals surface area contributed by atoms with Crippen LogP contribution in [0.15, 0.2) is 30.6 Å². The lowest BCUT2D eigenvalue weighted by Gasteiger charge is -2.28. The number of benzene rings is 1. The van der Waals surface area contributed by atoms with Gasteiger partial charge in [-0.05, 0) is 18.9 Å². The van der Waals surface area contributed by atoms with Gasteiger partial charge in [0.15, 0.2) is 0 Å². The van der Waals surface area contributed by atoms with Gasteiger partial charge in [0.25, 0.3) is 0 Å². The van der Waals surface area contributed by atoms with Crippen molar-refractivity contribution in [2.75, 3.05) is 19.7 Å². The lowest BCUT2D eigenvalue weighted by atomic mass is 10.1. The number of imidazole rings is 1. The molecule has 1 aliphatic carbocycles. The van der Waals surface area contributed by atoms with E-state index in [4.69, 9.17) is 4.74 Å². The second-order valence-corrected chi connectivity index (χ2v) is 7.02. The molecule has 0 radical (unpaired) electrons. The molecule has 2 aliphatic rings. The van der Waals surface area contributed by atoms with Gasteiger partial charge in [0.1, 0.15) is 5.82 Å². The number of ether oxygens (including phenoxy) is 1. The molecule has 1 aromatic heterocycles. The SMILES string of the molecule is O[C@@H](COCc1ccccc1F)CN1CCc2c(ncn2C2CC2)C1. The molecule has 0 amide bonds. The molecule has 134 valence electrons. The minimum absolute atomic E-state index is 0.180. The number of hydrogen-bond donors (Lipinski definition) is 1. The summed E-state index contributed by atoms with van der Waals surface area (Å²) < 4.78 is 21.3. The quantitative estimate of drug-likeness (QED) is 0.837. The smallest absolute Gasteiger partial charge is 0.128 e. The summed E-state index contributed by atoms with van der Waals surface area (Å²) in [5.41, 5.74) is 3.02. The van der Waals surface area contributed by atoms with E-state index in [0.29, 0.717) is 18.2 Å². The molecule has 6 heteroatoms. The normalized spacial score (nSPS) is 19.0. The van der Waals surface area contributed by atoms with Crippen molar-refractivity contribution in [2.45, 2.75) is 44.6 Å². The van der Waals surface area contributed by atoms with E-state index in [1.54, 1.807) is 18.2 Å². The van der Waals surface area contributed by atoms with Gasteiger partial charge in [-0.25, -0.2) is 9.37 Å². The summed E-state index contributed by atoms with van der Waals surface area (Å²) in [5.74, 6) is -0.271. The average molecular weight is 345 g/mol. The van der Waals surface area contributed by atoms with Crippen LogP contribution in [0.3, 0.4) is 0 Å². The first kappa shape index (κ1) is 16.7. The Morgan fingerprint density at radius 2 is 2.16 bits per heavy atom. The van der Waals surface area contributed by atoms with E-state index in [9.17, 15) is 9.50 Å². The fourth-order valence-corrected chi connectivity index (χ4v) is 3.48. The van der Waals surface area contributed by atoms with Crippen LogP contribution in [0.25, 0.3) is 0 Å². The number of aliphatic hydroxyl groups excluding tert-OH is 1. The van der Waals surface area contributed by atoms with E-state index in [1.807, 2.05) is 6.33 Å². The summed E-state index contributed by atoms with van der Waals surface area (Å²) in [7, 11) is 0. The molecular formula is C19H24FN3O2. The molecule has 5 nitrogen and oxygen atoms in total. The van der Waals surface area contributed by atoms with Crippen LogP contribution < -0.4 is 0 Å². The molecule has 2 heterocycles. The summed E-state index contributed by atoms with van der Waals surface area (Å²) in [4.78, 5) is 6.77. The first-order chi connectivity index (χ1) is 12.2. The van der Waals surface area contributed by atoms with Crippen LogP contribution in [0, 0.1) is 5.82 Å². The van der Waals surface area contributed by atoms with E-state index >= 15 is 0 Å². The van der Waals surface area contributed by atoms with Gasteiger partial charge in [-0.3, -0.25) is 4.90 Å². The monoisotopic (exact) mass is 345 g/mol. The van der Waals surface area contributed by atoms with Crippen molar-refractivity contribution in [2.24, 2.45) is 0 Å². The van der Waals surface area contributed by atoms with Gasteiger partial charge in [0.05, 0.1) is 31.3 Å². The van der Waals surface area contributed by atoms with Crippen LogP contribution in [-0.4, -0.2) is 45.4 Å². The number of aromatic nitrogens is 2. The van der Waals surface area contributed by atoms with Gasteiger partial charge >= 0.3 is 0 Å². The number of rotatable bonds is 7. The highest BCUT2D eigenvalue weighted by Gasteiger charge is 2.29. The Morgan fingerprint density at radius 3 is 2.96 bits per heavy atom. The Morgan fingerprint density at radius 1 is 1.32 bits per heavy atom. The maximum absolute atomic E-state index is 13.5. The molecule has 0 unspecified atom stereocenters. The van der Waals surface area contributed by atoms with E-state index in [2.05, 4.69) is 14.5 Å². The topological polar surface area (TPSA) is 50.5 Å². The predicted octanol–water partition coefficient (Wildman–Crippen LogP) is 2.29. The first-order valence-corrected chi connectivity index (χ1v) is 8.97. The van der Waals surface area contributed by atoms with Crippen molar-refractivity contribution >= 4 is 0 Å². The highest BCUT2D eigenvalue weighted by molar-refractivity contribution is 5.19. The third kappa shape index (κ3) is 3.92. The standard InChI is InChI=1S/C19H24FN3O2/c20-17-4-2-1-3-14(17)11-25-12-16(24)9-22-8-7-19-18(10-22)21-13-23(19)15-5-6-15/h1-4,13,15-16,24H,5-12H2/t16-/m1/s1. The Labute approximate surface area is 147 Å². The molecule has 1 N–H and O–H groups in total. The van der Waals surface area contributed by atoms with Gasteiger partial charge in [-0.2, -0.15) is 0 Å². The minimum atomic E-state index is -0.584. The highest BCUT2D eigenvalue weighted by atomic mass is 19.1.